The lowest BCUT2D eigenvalue weighted by Crippen LogP contribution is -2.30. The number of aliphatic hydroxyl groups excluding tert-OH is 2. The maximum atomic E-state index is 11.4. The summed E-state index contributed by atoms with van der Waals surface area (Å²) < 4.78 is 1.07. The summed E-state index contributed by atoms with van der Waals surface area (Å²) in [6.07, 6.45) is -1.11. The zero-order chi connectivity index (χ0) is 12.3. The van der Waals surface area contributed by atoms with Gasteiger partial charge in [-0.2, -0.15) is 0 Å². The summed E-state index contributed by atoms with van der Waals surface area (Å²) in [6, 6.07) is 2.19. The minimum Gasteiger partial charge on any atom is -0.394 e. The van der Waals surface area contributed by atoms with Crippen LogP contribution in [0.2, 0.25) is 0 Å². The van der Waals surface area contributed by atoms with Crippen LogP contribution >= 0.6 is 0 Å². The third-order valence-corrected chi connectivity index (χ3v) is 2.23. The molecule has 88 valence electrons. The molecule has 0 aliphatic rings. The molecule has 1 heterocycles. The molecule has 1 unspecified atom stereocenters. The van der Waals surface area contributed by atoms with E-state index in [1.54, 1.807) is 0 Å². The van der Waals surface area contributed by atoms with E-state index in [1.807, 2.05) is 0 Å². The summed E-state index contributed by atoms with van der Waals surface area (Å²) in [6.45, 7) is 0.751. The molecule has 1 aromatic rings. The fourth-order valence-corrected chi connectivity index (χ4v) is 1.35. The first-order valence-electron chi connectivity index (χ1n) is 4.61. The van der Waals surface area contributed by atoms with Crippen LogP contribution in [-0.4, -0.2) is 32.4 Å². The van der Waals surface area contributed by atoms with Gasteiger partial charge < -0.3 is 14.8 Å². The molecule has 0 aromatic carbocycles. The number of hydrogen-bond donors (Lipinski definition) is 2. The number of aromatic nitrogens is 1. The first-order valence-corrected chi connectivity index (χ1v) is 4.61. The van der Waals surface area contributed by atoms with E-state index in [0.29, 0.717) is 0 Å². The van der Waals surface area contributed by atoms with Gasteiger partial charge in [0.1, 0.15) is 0 Å². The normalized spacial score (nSPS) is 12.4. The Bertz CT molecular complexity index is 454. The predicted molar refractivity (Wildman–Crippen MR) is 55.2 cm³/mol. The van der Waals surface area contributed by atoms with Crippen molar-refractivity contribution < 1.29 is 15.1 Å². The highest BCUT2D eigenvalue weighted by Gasteiger charge is 2.16. The van der Waals surface area contributed by atoms with Crippen LogP contribution in [0.15, 0.2) is 16.9 Å². The van der Waals surface area contributed by atoms with Crippen LogP contribution in [0.1, 0.15) is 5.69 Å². The minimum absolute atomic E-state index is 0.157. The molecule has 0 spiro atoms. The van der Waals surface area contributed by atoms with Gasteiger partial charge in [-0.3, -0.25) is 14.9 Å². The Morgan fingerprint density at radius 3 is 2.69 bits per heavy atom. The van der Waals surface area contributed by atoms with Gasteiger partial charge in [0, 0.05) is 12.1 Å². The molecule has 0 aliphatic heterocycles. The molecule has 0 aliphatic carbocycles. The van der Waals surface area contributed by atoms with Gasteiger partial charge in [-0.05, 0) is 6.92 Å². The molecule has 2 N–H and O–H groups in total. The van der Waals surface area contributed by atoms with Crippen molar-refractivity contribution in [3.63, 3.8) is 0 Å². The average molecular weight is 228 g/mol. The molecule has 0 saturated heterocycles. The van der Waals surface area contributed by atoms with E-state index in [0.717, 1.165) is 16.7 Å². The fraction of sp³-hybridized carbons (Fsp3) is 0.444. The van der Waals surface area contributed by atoms with Gasteiger partial charge in [0.2, 0.25) is 0 Å². The number of nitro groups is 1. The Hall–Kier alpha value is -1.73. The Morgan fingerprint density at radius 1 is 1.56 bits per heavy atom. The maximum Gasteiger partial charge on any atom is 0.288 e. The van der Waals surface area contributed by atoms with Gasteiger partial charge in [-0.15, -0.1) is 0 Å². The lowest BCUT2D eigenvalue weighted by Gasteiger charge is -2.12. The van der Waals surface area contributed by atoms with Gasteiger partial charge in [0.15, 0.2) is 0 Å². The lowest BCUT2D eigenvalue weighted by atomic mass is 10.2. The molecular formula is C9H12N2O5. The SMILES string of the molecule is Cc1c([N+](=O)[O-])ccc(=O)n1CC(O)CO. The molecule has 0 fully saturated rings. The highest BCUT2D eigenvalue weighted by atomic mass is 16.6. The summed E-state index contributed by atoms with van der Waals surface area (Å²) >= 11 is 0. The topological polar surface area (TPSA) is 106 Å². The van der Waals surface area contributed by atoms with Crippen molar-refractivity contribution in [2.45, 2.75) is 19.6 Å². The summed E-state index contributed by atoms with van der Waals surface area (Å²) in [5.74, 6) is 0. The zero-order valence-electron chi connectivity index (χ0n) is 8.66. The summed E-state index contributed by atoms with van der Waals surface area (Å²) in [7, 11) is 0. The number of pyridine rings is 1. The van der Waals surface area contributed by atoms with Crippen molar-refractivity contribution in [1.29, 1.82) is 0 Å². The average Bonchev–Trinajstić information content (AvgIpc) is 2.23. The predicted octanol–water partition coefficient (Wildman–Crippen LogP) is -0.582. The number of aliphatic hydroxyl groups is 2. The molecule has 7 nitrogen and oxygen atoms in total. The number of rotatable bonds is 4. The van der Waals surface area contributed by atoms with Gasteiger partial charge in [-0.25, -0.2) is 0 Å². The fourth-order valence-electron chi connectivity index (χ4n) is 1.35. The first-order chi connectivity index (χ1) is 7.47. The Kier molecular flexibility index (Phi) is 3.75. The van der Waals surface area contributed by atoms with Gasteiger partial charge in [0.05, 0.1) is 29.9 Å². The van der Waals surface area contributed by atoms with E-state index >= 15 is 0 Å². The molecule has 0 amide bonds. The largest absolute Gasteiger partial charge is 0.394 e. The van der Waals surface area contributed by atoms with Crippen LogP contribution in [0, 0.1) is 17.0 Å². The van der Waals surface area contributed by atoms with Gasteiger partial charge >= 0.3 is 0 Å². The van der Waals surface area contributed by atoms with Crippen LogP contribution in [0.5, 0.6) is 0 Å². The van der Waals surface area contributed by atoms with Crippen molar-refractivity contribution in [3.8, 4) is 0 Å². The van der Waals surface area contributed by atoms with Crippen molar-refractivity contribution in [2.24, 2.45) is 0 Å². The second kappa shape index (κ2) is 4.86. The molecule has 0 radical (unpaired) electrons. The Labute approximate surface area is 90.7 Å². The standard InChI is InChI=1S/C9H12N2O5/c1-6-8(11(15)16)2-3-9(14)10(6)4-7(13)5-12/h2-3,7,12-13H,4-5H2,1H3. The smallest absolute Gasteiger partial charge is 0.288 e. The summed E-state index contributed by atoms with van der Waals surface area (Å²) in [5.41, 5.74) is -0.481. The van der Waals surface area contributed by atoms with Crippen LogP contribution in [0.3, 0.4) is 0 Å². The second-order valence-electron chi connectivity index (χ2n) is 3.35. The van der Waals surface area contributed by atoms with Gasteiger partial charge in [0.25, 0.3) is 11.2 Å². The van der Waals surface area contributed by atoms with Crippen LogP contribution in [-0.2, 0) is 6.54 Å². The number of hydrogen-bond acceptors (Lipinski definition) is 5. The highest BCUT2D eigenvalue weighted by Crippen LogP contribution is 2.14. The third-order valence-electron chi connectivity index (χ3n) is 2.23. The lowest BCUT2D eigenvalue weighted by molar-refractivity contribution is -0.386. The summed E-state index contributed by atoms with van der Waals surface area (Å²) in [5, 5.41) is 28.5. The van der Waals surface area contributed by atoms with E-state index in [-0.39, 0.29) is 17.9 Å². The molecule has 1 rings (SSSR count). The molecule has 16 heavy (non-hydrogen) atoms. The van der Waals surface area contributed by atoms with Crippen molar-refractivity contribution in [1.82, 2.24) is 4.57 Å². The second-order valence-corrected chi connectivity index (χ2v) is 3.35. The van der Waals surface area contributed by atoms with Crippen LogP contribution in [0.25, 0.3) is 0 Å². The maximum absolute atomic E-state index is 11.4. The van der Waals surface area contributed by atoms with E-state index in [4.69, 9.17) is 5.11 Å². The van der Waals surface area contributed by atoms with Crippen LogP contribution in [0.4, 0.5) is 5.69 Å². The van der Waals surface area contributed by atoms with Gasteiger partial charge in [-0.1, -0.05) is 0 Å². The van der Waals surface area contributed by atoms with E-state index in [2.05, 4.69) is 0 Å². The molecule has 1 aromatic heterocycles. The summed E-state index contributed by atoms with van der Waals surface area (Å²) in [4.78, 5) is 21.4. The Morgan fingerprint density at radius 2 is 2.19 bits per heavy atom. The van der Waals surface area contributed by atoms with Crippen molar-refractivity contribution in [2.75, 3.05) is 6.61 Å². The monoisotopic (exact) mass is 228 g/mol. The zero-order valence-corrected chi connectivity index (χ0v) is 8.66. The van der Waals surface area contributed by atoms with E-state index < -0.39 is 23.2 Å². The molecule has 1 atom stereocenters. The first kappa shape index (κ1) is 12.3. The molecule has 7 heteroatoms. The number of nitrogens with zero attached hydrogens (tertiary/aromatic N) is 2. The minimum atomic E-state index is -1.11. The van der Waals surface area contributed by atoms with E-state index in [1.165, 1.54) is 6.92 Å². The van der Waals surface area contributed by atoms with E-state index in [9.17, 15) is 20.0 Å². The molecule has 0 saturated carbocycles. The highest BCUT2D eigenvalue weighted by molar-refractivity contribution is 5.34. The molecule has 0 bridgehead atoms. The van der Waals surface area contributed by atoms with Crippen LogP contribution < -0.4 is 5.56 Å². The molecular weight excluding hydrogens is 216 g/mol. The van der Waals surface area contributed by atoms with Crippen molar-refractivity contribution in [3.05, 3.63) is 38.3 Å². The third kappa shape index (κ3) is 2.44. The van der Waals surface area contributed by atoms with Crippen molar-refractivity contribution >= 4 is 5.69 Å². The Balaban J connectivity index is 3.21. The quantitative estimate of drug-likeness (QED) is 0.529.